The third-order valence-corrected chi connectivity index (χ3v) is 8.00. The van der Waals surface area contributed by atoms with E-state index in [1.165, 1.54) is 0 Å². The predicted molar refractivity (Wildman–Crippen MR) is 99.9 cm³/mol. The van der Waals surface area contributed by atoms with Crippen molar-refractivity contribution in [2.24, 2.45) is 0 Å². The minimum atomic E-state index is -0.525. The summed E-state index contributed by atoms with van der Waals surface area (Å²) in [5.41, 5.74) is 2.07. The van der Waals surface area contributed by atoms with Crippen LogP contribution in [-0.4, -0.2) is 27.6 Å². The van der Waals surface area contributed by atoms with Crippen molar-refractivity contribution in [2.45, 2.75) is 78.0 Å². The summed E-state index contributed by atoms with van der Waals surface area (Å²) in [5, 5.41) is 0. The average molecular weight is 343 g/mol. The van der Waals surface area contributed by atoms with Gasteiger partial charge in [0.15, 0.2) is 0 Å². The fourth-order valence-corrected chi connectivity index (χ4v) is 6.19. The van der Waals surface area contributed by atoms with Gasteiger partial charge in [-0.05, 0) is 0 Å². The van der Waals surface area contributed by atoms with E-state index in [1.54, 1.807) is 0 Å². The Balaban J connectivity index is 2.85. The largest absolute Gasteiger partial charge is 0.456 e. The molecule has 126 valence electrons. The summed E-state index contributed by atoms with van der Waals surface area (Å²) in [6.07, 6.45) is 0. The monoisotopic (exact) mass is 343 g/mol. The maximum atomic E-state index is 6.16. The molecule has 0 amide bonds. The molecule has 0 atom stereocenters. The summed E-state index contributed by atoms with van der Waals surface area (Å²) in [6.45, 7) is 17.7. The van der Waals surface area contributed by atoms with Gasteiger partial charge in [-0.15, -0.1) is 0 Å². The van der Waals surface area contributed by atoms with Crippen molar-refractivity contribution in [3.05, 3.63) is 18.2 Å². The topological polar surface area (TPSA) is 31.4 Å². The Morgan fingerprint density at radius 3 is 1.27 bits per heavy atom. The molecule has 22 heavy (non-hydrogen) atoms. The lowest BCUT2D eigenvalue weighted by Crippen LogP contribution is -2.10. The van der Waals surface area contributed by atoms with E-state index >= 15 is 0 Å². The molecule has 0 unspecified atom stereocenters. The molecule has 3 nitrogen and oxygen atoms in total. The summed E-state index contributed by atoms with van der Waals surface area (Å²) < 4.78 is 12.3. The van der Waals surface area contributed by atoms with Crippen molar-refractivity contribution in [2.75, 3.05) is 0 Å². The van der Waals surface area contributed by atoms with Crippen LogP contribution >= 0.6 is 16.3 Å². The lowest BCUT2D eigenvalue weighted by molar-refractivity contribution is 0.527. The molecule has 0 aliphatic carbocycles. The highest BCUT2D eigenvalue weighted by Crippen LogP contribution is 2.49. The Hall–Kier alpha value is -0.390. The van der Waals surface area contributed by atoms with Crippen molar-refractivity contribution in [1.29, 1.82) is 0 Å². The molecule has 0 aromatic carbocycles. The number of hydrogen-bond donors (Lipinski definition) is 0. The number of pyridine rings is 1. The zero-order valence-electron chi connectivity index (χ0n) is 15.2. The Kier molecular flexibility index (Phi) is 8.08. The second-order valence-corrected chi connectivity index (χ2v) is 12.5. The SMILES string of the molecule is CC(C)P(Oc1cccc(OP(C(C)C)C(C)C)n1)C(C)C. The van der Waals surface area contributed by atoms with E-state index in [-0.39, 0.29) is 0 Å². The van der Waals surface area contributed by atoms with Crippen LogP contribution in [0.5, 0.6) is 11.8 Å². The molecule has 1 aromatic heterocycles. The van der Waals surface area contributed by atoms with Gasteiger partial charge in [0.25, 0.3) is 0 Å². The first-order valence-corrected chi connectivity index (χ1v) is 10.9. The fourth-order valence-electron chi connectivity index (χ4n) is 2.33. The highest BCUT2D eigenvalue weighted by atomic mass is 31.1. The molecule has 0 radical (unpaired) electrons. The van der Waals surface area contributed by atoms with Crippen LogP contribution in [0.4, 0.5) is 0 Å². The van der Waals surface area contributed by atoms with Gasteiger partial charge in [-0.1, -0.05) is 61.5 Å². The Morgan fingerprint density at radius 2 is 1.00 bits per heavy atom. The third-order valence-electron chi connectivity index (χ3n) is 3.13. The first-order chi connectivity index (χ1) is 10.2. The third kappa shape index (κ3) is 6.01. The molecule has 0 saturated carbocycles. The molecular formula is C17H31NO2P2. The molecule has 5 heteroatoms. The summed E-state index contributed by atoms with van der Waals surface area (Å²) in [5.74, 6) is 1.38. The Morgan fingerprint density at radius 1 is 0.682 bits per heavy atom. The zero-order valence-corrected chi connectivity index (χ0v) is 17.0. The molecule has 0 N–H and O–H groups in total. The lowest BCUT2D eigenvalue weighted by atomic mass is 10.5. The summed E-state index contributed by atoms with van der Waals surface area (Å²) >= 11 is 0. The molecule has 0 bridgehead atoms. The van der Waals surface area contributed by atoms with Crippen molar-refractivity contribution < 1.29 is 9.05 Å². The van der Waals surface area contributed by atoms with E-state index < -0.39 is 16.3 Å². The van der Waals surface area contributed by atoms with Gasteiger partial charge in [0, 0.05) is 34.8 Å². The van der Waals surface area contributed by atoms with Crippen LogP contribution in [0, 0.1) is 0 Å². The number of nitrogens with zero attached hydrogens (tertiary/aromatic N) is 1. The van der Waals surface area contributed by atoms with Crippen LogP contribution in [0.25, 0.3) is 0 Å². The van der Waals surface area contributed by atoms with E-state index in [4.69, 9.17) is 9.05 Å². The lowest BCUT2D eigenvalue weighted by Gasteiger charge is -2.26. The van der Waals surface area contributed by atoms with Gasteiger partial charge in [0.05, 0.1) is 16.3 Å². The summed E-state index contributed by atoms with van der Waals surface area (Å²) in [7, 11) is -1.05. The Bertz CT molecular complexity index is 397. The van der Waals surface area contributed by atoms with E-state index in [0.717, 1.165) is 0 Å². The number of hydrogen-bond acceptors (Lipinski definition) is 3. The summed E-state index contributed by atoms with van der Waals surface area (Å²) in [6, 6.07) is 5.83. The maximum Gasteiger partial charge on any atom is 0.219 e. The van der Waals surface area contributed by atoms with Crippen molar-refractivity contribution in [3.63, 3.8) is 0 Å². The van der Waals surface area contributed by atoms with Gasteiger partial charge < -0.3 is 9.05 Å². The van der Waals surface area contributed by atoms with Crippen molar-refractivity contribution in [3.8, 4) is 11.8 Å². The van der Waals surface area contributed by atoms with Crippen molar-refractivity contribution >= 4 is 16.3 Å². The second-order valence-electron chi connectivity index (χ2n) is 6.59. The normalized spacial score (nSPS) is 12.3. The zero-order chi connectivity index (χ0) is 16.9. The highest BCUT2D eigenvalue weighted by molar-refractivity contribution is 7.54. The molecule has 0 saturated heterocycles. The van der Waals surface area contributed by atoms with Crippen LogP contribution in [0.1, 0.15) is 55.4 Å². The molecule has 0 spiro atoms. The fraction of sp³-hybridized carbons (Fsp3) is 0.706. The van der Waals surface area contributed by atoms with Gasteiger partial charge in [0.1, 0.15) is 0 Å². The van der Waals surface area contributed by atoms with Gasteiger partial charge in [-0.2, -0.15) is 4.98 Å². The van der Waals surface area contributed by atoms with Crippen LogP contribution in [0.2, 0.25) is 0 Å². The molecule has 1 heterocycles. The smallest absolute Gasteiger partial charge is 0.219 e. The van der Waals surface area contributed by atoms with Gasteiger partial charge in [-0.3, -0.25) is 0 Å². The standard InChI is InChI=1S/C17H31NO2P2/c1-12(2)21(13(3)4)19-16-10-9-11-17(18-16)20-22(14(5)6)15(7)8/h9-15H,1-8H3. The van der Waals surface area contributed by atoms with E-state index in [9.17, 15) is 0 Å². The summed E-state index contributed by atoms with van der Waals surface area (Å²) in [4.78, 5) is 4.57. The minimum absolute atomic E-state index is 0.518. The van der Waals surface area contributed by atoms with Crippen LogP contribution in [-0.2, 0) is 0 Å². The quantitative estimate of drug-likeness (QED) is 0.522. The highest BCUT2D eigenvalue weighted by Gasteiger charge is 2.22. The molecule has 0 fully saturated rings. The van der Waals surface area contributed by atoms with E-state index in [1.807, 2.05) is 18.2 Å². The van der Waals surface area contributed by atoms with Crippen LogP contribution in [0.3, 0.4) is 0 Å². The Labute approximate surface area is 138 Å². The predicted octanol–water partition coefficient (Wildman–Crippen LogP) is 6.27. The average Bonchev–Trinajstić information content (AvgIpc) is 2.41. The van der Waals surface area contributed by atoms with Crippen LogP contribution in [0.15, 0.2) is 18.2 Å². The molecular weight excluding hydrogens is 312 g/mol. The second kappa shape index (κ2) is 9.04. The minimum Gasteiger partial charge on any atom is -0.456 e. The molecule has 1 aromatic rings. The van der Waals surface area contributed by atoms with Gasteiger partial charge in [-0.25, -0.2) is 0 Å². The first kappa shape index (κ1) is 19.7. The molecule has 1 rings (SSSR count). The number of aromatic nitrogens is 1. The van der Waals surface area contributed by atoms with E-state index in [0.29, 0.717) is 34.4 Å². The number of rotatable bonds is 8. The molecule has 0 aliphatic heterocycles. The maximum absolute atomic E-state index is 6.16. The van der Waals surface area contributed by atoms with Crippen LogP contribution < -0.4 is 9.05 Å². The van der Waals surface area contributed by atoms with Gasteiger partial charge >= 0.3 is 0 Å². The van der Waals surface area contributed by atoms with E-state index in [2.05, 4.69) is 60.4 Å². The first-order valence-electron chi connectivity index (χ1n) is 8.12. The van der Waals surface area contributed by atoms with Crippen molar-refractivity contribution in [1.82, 2.24) is 4.98 Å². The van der Waals surface area contributed by atoms with Gasteiger partial charge in [0.2, 0.25) is 11.8 Å². The molecule has 0 aliphatic rings.